The van der Waals surface area contributed by atoms with Gasteiger partial charge in [-0.1, -0.05) is 49.6 Å². The molecule has 2 aliphatic heterocycles. The fraction of sp³-hybridized carbons (Fsp3) is 0.500. The van der Waals surface area contributed by atoms with Crippen LogP contribution in [-0.2, 0) is 9.59 Å². The molecule has 2 N–H and O–H groups in total. The van der Waals surface area contributed by atoms with Gasteiger partial charge in [0, 0.05) is 30.5 Å². The maximum atomic E-state index is 13.9. The molecule has 0 aromatic heterocycles. The molecule has 2 aromatic rings. The number of nitrogens with one attached hydrogen (secondary N) is 2. The standard InChI is InChI=1S/C30H39N5O3/c1-22-10-9-15-26(23(22)2)32-29(38)33-18-16-30(17-19-33)28(37)34(21-35(30)25-13-7-4-8-14-25)20-27(36)31-24-11-5-3-6-12-24/h4,7-10,13-15,24H,3,5-6,11-12,16-21H2,1-2H3,(H,31,36)(H,32,38). The van der Waals surface area contributed by atoms with Crippen LogP contribution in [0.1, 0.15) is 56.1 Å². The highest BCUT2D eigenvalue weighted by Gasteiger charge is 2.54. The fourth-order valence-electron chi connectivity index (χ4n) is 6.18. The Hall–Kier alpha value is -3.55. The van der Waals surface area contributed by atoms with E-state index < -0.39 is 5.54 Å². The molecule has 3 aliphatic rings. The Balaban J connectivity index is 1.29. The van der Waals surface area contributed by atoms with Crippen molar-refractivity contribution in [3.05, 3.63) is 59.7 Å². The van der Waals surface area contributed by atoms with Gasteiger partial charge in [-0.2, -0.15) is 0 Å². The number of benzene rings is 2. The van der Waals surface area contributed by atoms with Gasteiger partial charge in [-0.15, -0.1) is 0 Å². The maximum Gasteiger partial charge on any atom is 0.321 e. The van der Waals surface area contributed by atoms with E-state index in [0.717, 1.165) is 48.2 Å². The summed E-state index contributed by atoms with van der Waals surface area (Å²) in [7, 11) is 0. The summed E-state index contributed by atoms with van der Waals surface area (Å²) in [5, 5.41) is 6.21. The van der Waals surface area contributed by atoms with Gasteiger partial charge in [0.25, 0.3) is 5.91 Å². The highest BCUT2D eigenvalue weighted by Crippen LogP contribution is 2.39. The van der Waals surface area contributed by atoms with Gasteiger partial charge in [0.15, 0.2) is 0 Å². The lowest BCUT2D eigenvalue weighted by molar-refractivity contribution is -0.137. The molecule has 0 atom stereocenters. The van der Waals surface area contributed by atoms with E-state index in [1.54, 1.807) is 9.80 Å². The number of para-hydroxylation sites is 1. The molecular weight excluding hydrogens is 478 g/mol. The number of carbonyl (C=O) groups is 3. The number of anilines is 2. The Morgan fingerprint density at radius 1 is 0.947 bits per heavy atom. The predicted octanol–water partition coefficient (Wildman–Crippen LogP) is 4.43. The minimum absolute atomic E-state index is 0.0188. The summed E-state index contributed by atoms with van der Waals surface area (Å²) in [5.41, 5.74) is 3.20. The highest BCUT2D eigenvalue weighted by molar-refractivity contribution is 5.97. The van der Waals surface area contributed by atoms with E-state index in [1.165, 1.54) is 6.42 Å². The molecule has 5 rings (SSSR count). The van der Waals surface area contributed by atoms with E-state index in [9.17, 15) is 14.4 Å². The van der Waals surface area contributed by atoms with Gasteiger partial charge >= 0.3 is 6.03 Å². The normalized spacial score (nSPS) is 19.6. The van der Waals surface area contributed by atoms with Crippen LogP contribution in [0.3, 0.4) is 0 Å². The number of urea groups is 1. The number of piperidine rings is 1. The van der Waals surface area contributed by atoms with Crippen LogP contribution in [0.15, 0.2) is 48.5 Å². The summed E-state index contributed by atoms with van der Waals surface area (Å²) in [6, 6.07) is 15.9. The van der Waals surface area contributed by atoms with Gasteiger partial charge in [0.05, 0.1) is 6.67 Å². The second-order valence-electron chi connectivity index (χ2n) is 11.0. The number of carbonyl (C=O) groups excluding carboxylic acids is 3. The van der Waals surface area contributed by atoms with Crippen molar-refractivity contribution in [3.8, 4) is 0 Å². The Labute approximate surface area is 225 Å². The molecule has 1 aliphatic carbocycles. The van der Waals surface area contributed by atoms with Crippen molar-refractivity contribution in [2.24, 2.45) is 0 Å². The molecule has 0 unspecified atom stereocenters. The number of rotatable bonds is 5. The first kappa shape index (κ1) is 26.1. The average molecular weight is 518 g/mol. The van der Waals surface area contributed by atoms with Crippen molar-refractivity contribution < 1.29 is 14.4 Å². The van der Waals surface area contributed by atoms with Crippen molar-refractivity contribution in [2.75, 3.05) is 36.5 Å². The summed E-state index contributed by atoms with van der Waals surface area (Å²) in [4.78, 5) is 45.6. The predicted molar refractivity (Wildman–Crippen MR) is 149 cm³/mol. The van der Waals surface area contributed by atoms with E-state index in [2.05, 4.69) is 15.5 Å². The Bertz CT molecular complexity index is 1170. The van der Waals surface area contributed by atoms with Crippen LogP contribution in [-0.4, -0.2) is 65.5 Å². The summed E-state index contributed by atoms with van der Waals surface area (Å²) in [6.45, 7) is 5.40. The topological polar surface area (TPSA) is 85.0 Å². The first-order chi connectivity index (χ1) is 18.4. The lowest BCUT2D eigenvalue weighted by Crippen LogP contribution is -2.58. The van der Waals surface area contributed by atoms with Crippen molar-refractivity contribution in [2.45, 2.75) is 70.4 Å². The molecule has 0 radical (unpaired) electrons. The zero-order chi connectivity index (χ0) is 26.7. The second kappa shape index (κ2) is 11.1. The van der Waals surface area contributed by atoms with Crippen LogP contribution >= 0.6 is 0 Å². The van der Waals surface area contributed by atoms with Crippen LogP contribution in [0.5, 0.6) is 0 Å². The smallest absolute Gasteiger partial charge is 0.321 e. The molecule has 2 aromatic carbocycles. The van der Waals surface area contributed by atoms with Gasteiger partial charge in [-0.3, -0.25) is 9.59 Å². The minimum atomic E-state index is -0.761. The number of hydrogen-bond acceptors (Lipinski definition) is 4. The number of nitrogens with zero attached hydrogens (tertiary/aromatic N) is 3. The largest absolute Gasteiger partial charge is 0.352 e. The first-order valence-corrected chi connectivity index (χ1v) is 13.9. The third-order valence-corrected chi connectivity index (χ3v) is 8.61. The summed E-state index contributed by atoms with van der Waals surface area (Å²) < 4.78 is 0. The van der Waals surface area contributed by atoms with Crippen molar-refractivity contribution in [1.82, 2.24) is 15.1 Å². The van der Waals surface area contributed by atoms with Crippen LogP contribution in [0, 0.1) is 13.8 Å². The third kappa shape index (κ3) is 5.22. The molecule has 8 nitrogen and oxygen atoms in total. The quantitative estimate of drug-likeness (QED) is 0.615. The molecule has 0 bridgehead atoms. The van der Waals surface area contributed by atoms with Gasteiger partial charge < -0.3 is 25.3 Å². The van der Waals surface area contributed by atoms with E-state index in [4.69, 9.17) is 0 Å². The molecule has 202 valence electrons. The molecule has 4 amide bonds. The van der Waals surface area contributed by atoms with E-state index in [0.29, 0.717) is 32.6 Å². The number of hydrogen-bond donors (Lipinski definition) is 2. The Morgan fingerprint density at radius 2 is 1.66 bits per heavy atom. The van der Waals surface area contributed by atoms with Crippen LogP contribution in [0.2, 0.25) is 0 Å². The van der Waals surface area contributed by atoms with Crippen LogP contribution in [0.4, 0.5) is 16.2 Å². The maximum absolute atomic E-state index is 13.9. The minimum Gasteiger partial charge on any atom is -0.352 e. The van der Waals surface area contributed by atoms with Gasteiger partial charge in [0.2, 0.25) is 5.91 Å². The summed E-state index contributed by atoms with van der Waals surface area (Å²) in [5.74, 6) is -0.101. The van der Waals surface area contributed by atoms with Crippen LogP contribution in [0.25, 0.3) is 0 Å². The van der Waals surface area contributed by atoms with Crippen molar-refractivity contribution in [3.63, 3.8) is 0 Å². The third-order valence-electron chi connectivity index (χ3n) is 8.61. The molecule has 2 heterocycles. The monoisotopic (exact) mass is 517 g/mol. The summed E-state index contributed by atoms with van der Waals surface area (Å²) in [6.07, 6.45) is 6.58. The van der Waals surface area contributed by atoms with Gasteiger partial charge in [0.1, 0.15) is 12.1 Å². The molecule has 2 saturated heterocycles. The lowest BCUT2D eigenvalue weighted by Gasteiger charge is -2.43. The number of amides is 4. The second-order valence-corrected chi connectivity index (χ2v) is 11.0. The van der Waals surface area contributed by atoms with Crippen LogP contribution < -0.4 is 15.5 Å². The molecule has 1 spiro atoms. The number of likely N-dealkylation sites (tertiary alicyclic amines) is 1. The Kier molecular flexibility index (Phi) is 7.58. The fourth-order valence-corrected chi connectivity index (χ4v) is 6.18. The zero-order valence-electron chi connectivity index (χ0n) is 22.5. The molecule has 8 heteroatoms. The highest BCUT2D eigenvalue weighted by atomic mass is 16.2. The van der Waals surface area contributed by atoms with E-state index >= 15 is 0 Å². The van der Waals surface area contributed by atoms with Crippen molar-refractivity contribution in [1.29, 1.82) is 0 Å². The summed E-state index contributed by atoms with van der Waals surface area (Å²) >= 11 is 0. The Morgan fingerprint density at radius 3 is 2.37 bits per heavy atom. The van der Waals surface area contributed by atoms with E-state index in [1.807, 2.05) is 62.4 Å². The molecule has 1 saturated carbocycles. The van der Waals surface area contributed by atoms with E-state index in [-0.39, 0.29) is 30.4 Å². The van der Waals surface area contributed by atoms with Gasteiger partial charge in [-0.05, 0) is 68.9 Å². The molecule has 38 heavy (non-hydrogen) atoms. The lowest BCUT2D eigenvalue weighted by atomic mass is 9.85. The first-order valence-electron chi connectivity index (χ1n) is 13.9. The van der Waals surface area contributed by atoms with Gasteiger partial charge in [-0.25, -0.2) is 4.79 Å². The molecule has 3 fully saturated rings. The van der Waals surface area contributed by atoms with Crippen molar-refractivity contribution >= 4 is 29.2 Å². The molecular formula is C30H39N5O3. The number of aryl methyl sites for hydroxylation is 1. The average Bonchev–Trinajstić information content (AvgIpc) is 3.18. The SMILES string of the molecule is Cc1cccc(NC(=O)N2CCC3(CC2)C(=O)N(CC(=O)NC2CCCCC2)CN3c2ccccc2)c1C. The zero-order valence-corrected chi connectivity index (χ0v) is 22.5.